The average molecular weight is 455 g/mol. The number of benzene rings is 2. The molecule has 0 spiro atoms. The van der Waals surface area contributed by atoms with Crippen LogP contribution in [0.4, 0.5) is 0 Å². The fourth-order valence-corrected chi connectivity index (χ4v) is 4.34. The van der Waals surface area contributed by atoms with Crippen LogP contribution in [0.15, 0.2) is 54.9 Å². The second kappa shape index (κ2) is 8.87. The van der Waals surface area contributed by atoms with Gasteiger partial charge < -0.3 is 15.4 Å². The van der Waals surface area contributed by atoms with Crippen molar-refractivity contribution in [3.05, 3.63) is 60.4 Å². The summed E-state index contributed by atoms with van der Waals surface area (Å²) in [6.45, 7) is 1.85. The highest BCUT2D eigenvalue weighted by molar-refractivity contribution is 5.97. The van der Waals surface area contributed by atoms with Gasteiger partial charge in [-0.05, 0) is 67.6 Å². The summed E-state index contributed by atoms with van der Waals surface area (Å²) in [7, 11) is 0. The van der Waals surface area contributed by atoms with Crippen LogP contribution in [0.2, 0.25) is 0 Å². The summed E-state index contributed by atoms with van der Waals surface area (Å²) in [5, 5.41) is 15.0. The number of nitrogens with zero attached hydrogens (tertiary/aromatic N) is 3. The van der Waals surface area contributed by atoms with Crippen molar-refractivity contribution in [2.75, 3.05) is 13.1 Å². The first kappa shape index (κ1) is 20.8. The number of hydrogen-bond acceptors (Lipinski definition) is 6. The highest BCUT2D eigenvalue weighted by atomic mass is 16.5. The van der Waals surface area contributed by atoms with Gasteiger partial charge in [-0.1, -0.05) is 18.2 Å². The number of carbonyl (C=O) groups is 1. The molecule has 1 aliphatic heterocycles. The van der Waals surface area contributed by atoms with Crippen LogP contribution in [0.3, 0.4) is 0 Å². The van der Waals surface area contributed by atoms with E-state index in [0.29, 0.717) is 23.2 Å². The molecule has 1 atom stereocenters. The van der Waals surface area contributed by atoms with Gasteiger partial charge in [0, 0.05) is 23.5 Å². The Morgan fingerprint density at radius 1 is 1.06 bits per heavy atom. The second-order valence-corrected chi connectivity index (χ2v) is 8.99. The van der Waals surface area contributed by atoms with E-state index in [9.17, 15) is 4.79 Å². The average Bonchev–Trinajstić information content (AvgIpc) is 3.59. The molecule has 8 nitrogen and oxygen atoms in total. The molecule has 2 aromatic heterocycles. The molecule has 2 aromatic carbocycles. The quantitative estimate of drug-likeness (QED) is 0.410. The topological polar surface area (TPSA) is 105 Å². The van der Waals surface area contributed by atoms with Crippen LogP contribution in [0.5, 0.6) is 5.88 Å². The molecule has 0 radical (unpaired) electrons. The first-order valence-corrected chi connectivity index (χ1v) is 11.8. The van der Waals surface area contributed by atoms with Crippen LogP contribution in [-0.4, -0.2) is 51.3 Å². The number of H-pyrrole nitrogens is 1. The summed E-state index contributed by atoms with van der Waals surface area (Å²) < 4.78 is 6.05. The minimum atomic E-state index is -0.0188. The van der Waals surface area contributed by atoms with Gasteiger partial charge in [0.25, 0.3) is 5.91 Å². The number of carbonyl (C=O) groups excluding carboxylic acids is 1. The lowest BCUT2D eigenvalue weighted by molar-refractivity contribution is 0.0951. The SMILES string of the molecule is O=C(NC1CC1)c1cccc(-c2ccc3[nH]nc(-c4cncc(O[C@@H]5CCCNC5)n4)c3c2)c1. The zero-order chi connectivity index (χ0) is 22.9. The zero-order valence-corrected chi connectivity index (χ0v) is 18.8. The summed E-state index contributed by atoms with van der Waals surface area (Å²) in [4.78, 5) is 21.5. The summed E-state index contributed by atoms with van der Waals surface area (Å²) >= 11 is 0. The molecule has 172 valence electrons. The van der Waals surface area contributed by atoms with Crippen molar-refractivity contribution >= 4 is 16.8 Å². The van der Waals surface area contributed by atoms with Gasteiger partial charge in [-0.2, -0.15) is 5.10 Å². The molecule has 2 aliphatic rings. The van der Waals surface area contributed by atoms with E-state index < -0.39 is 0 Å². The van der Waals surface area contributed by atoms with Gasteiger partial charge in [-0.15, -0.1) is 0 Å². The minimum absolute atomic E-state index is 0.0188. The summed E-state index contributed by atoms with van der Waals surface area (Å²) in [5.41, 5.74) is 4.94. The number of ether oxygens (including phenoxy) is 1. The third-order valence-corrected chi connectivity index (χ3v) is 6.33. The zero-order valence-electron chi connectivity index (χ0n) is 18.8. The van der Waals surface area contributed by atoms with E-state index in [1.807, 2.05) is 36.4 Å². The number of hydrogen-bond donors (Lipinski definition) is 3. The fourth-order valence-electron chi connectivity index (χ4n) is 4.34. The maximum atomic E-state index is 12.5. The molecular weight excluding hydrogens is 428 g/mol. The van der Waals surface area contributed by atoms with Crippen LogP contribution < -0.4 is 15.4 Å². The van der Waals surface area contributed by atoms with Crippen molar-refractivity contribution in [3.63, 3.8) is 0 Å². The molecule has 34 heavy (non-hydrogen) atoms. The third-order valence-electron chi connectivity index (χ3n) is 6.33. The molecule has 2 fully saturated rings. The van der Waals surface area contributed by atoms with E-state index in [2.05, 4.69) is 36.9 Å². The van der Waals surface area contributed by atoms with E-state index in [1.165, 1.54) is 0 Å². The maximum absolute atomic E-state index is 12.5. The first-order chi connectivity index (χ1) is 16.7. The predicted molar refractivity (Wildman–Crippen MR) is 130 cm³/mol. The molecule has 1 amide bonds. The fraction of sp³-hybridized carbons (Fsp3) is 0.308. The van der Waals surface area contributed by atoms with Crippen molar-refractivity contribution < 1.29 is 9.53 Å². The predicted octanol–water partition coefficient (Wildman–Crippen LogP) is 3.71. The number of amides is 1. The Labute approximate surface area is 197 Å². The number of piperidine rings is 1. The largest absolute Gasteiger partial charge is 0.472 e. The van der Waals surface area contributed by atoms with Crippen LogP contribution in [0, 0.1) is 0 Å². The minimum Gasteiger partial charge on any atom is -0.472 e. The smallest absolute Gasteiger partial charge is 0.251 e. The Morgan fingerprint density at radius 2 is 1.97 bits per heavy atom. The third kappa shape index (κ3) is 4.36. The lowest BCUT2D eigenvalue weighted by atomic mass is 10.0. The van der Waals surface area contributed by atoms with E-state index in [-0.39, 0.29) is 12.0 Å². The van der Waals surface area contributed by atoms with Crippen LogP contribution in [-0.2, 0) is 0 Å². The Hall–Kier alpha value is -3.78. The lowest BCUT2D eigenvalue weighted by Gasteiger charge is -2.23. The second-order valence-electron chi connectivity index (χ2n) is 8.99. The molecule has 1 saturated carbocycles. The normalized spacial score (nSPS) is 18.1. The van der Waals surface area contributed by atoms with Crippen molar-refractivity contribution in [3.8, 4) is 28.4 Å². The van der Waals surface area contributed by atoms with Crippen LogP contribution in [0.25, 0.3) is 33.4 Å². The highest BCUT2D eigenvalue weighted by Gasteiger charge is 2.24. The molecule has 0 bridgehead atoms. The van der Waals surface area contributed by atoms with Crippen LogP contribution >= 0.6 is 0 Å². The van der Waals surface area contributed by atoms with Gasteiger partial charge in [-0.3, -0.25) is 14.9 Å². The Morgan fingerprint density at radius 3 is 2.82 bits per heavy atom. The molecular formula is C26H26N6O2. The Kier molecular flexibility index (Phi) is 5.43. The molecule has 6 rings (SSSR count). The van der Waals surface area contributed by atoms with Gasteiger partial charge >= 0.3 is 0 Å². The molecule has 1 aliphatic carbocycles. The molecule has 1 saturated heterocycles. The molecule has 8 heteroatoms. The van der Waals surface area contributed by atoms with E-state index in [1.54, 1.807) is 12.4 Å². The Balaban J connectivity index is 1.30. The molecule has 0 unspecified atom stereocenters. The highest BCUT2D eigenvalue weighted by Crippen LogP contribution is 2.31. The standard InChI is InChI=1S/C26H26N6O2/c33-26(29-19-7-8-19)18-4-1-3-16(11-18)17-6-9-22-21(12-17)25(32-31-22)23-14-28-15-24(30-23)34-20-5-2-10-27-13-20/h1,3-4,6,9,11-12,14-15,19-20,27H,2,5,7-8,10,13H2,(H,29,33)(H,31,32)/t20-/m1/s1. The number of aromatic amines is 1. The number of rotatable bonds is 6. The van der Waals surface area contributed by atoms with E-state index in [4.69, 9.17) is 4.74 Å². The van der Waals surface area contributed by atoms with Crippen molar-refractivity contribution in [2.24, 2.45) is 0 Å². The van der Waals surface area contributed by atoms with Crippen LogP contribution in [0.1, 0.15) is 36.0 Å². The summed E-state index contributed by atoms with van der Waals surface area (Å²) in [6, 6.07) is 14.2. The van der Waals surface area contributed by atoms with Gasteiger partial charge in [0.1, 0.15) is 17.5 Å². The number of aromatic nitrogens is 4. The van der Waals surface area contributed by atoms with Gasteiger partial charge in [-0.25, -0.2) is 4.98 Å². The number of fused-ring (bicyclic) bond motifs is 1. The maximum Gasteiger partial charge on any atom is 0.251 e. The van der Waals surface area contributed by atoms with Gasteiger partial charge in [0.15, 0.2) is 0 Å². The number of nitrogens with one attached hydrogen (secondary N) is 3. The Bertz CT molecular complexity index is 1340. The lowest BCUT2D eigenvalue weighted by Crippen LogP contribution is -2.37. The molecule has 3 N–H and O–H groups in total. The van der Waals surface area contributed by atoms with Crippen molar-refractivity contribution in [1.82, 2.24) is 30.8 Å². The van der Waals surface area contributed by atoms with Gasteiger partial charge in [0.2, 0.25) is 5.88 Å². The van der Waals surface area contributed by atoms with E-state index >= 15 is 0 Å². The summed E-state index contributed by atoms with van der Waals surface area (Å²) in [6.07, 6.45) is 7.69. The molecule has 4 aromatic rings. The first-order valence-electron chi connectivity index (χ1n) is 11.8. The van der Waals surface area contributed by atoms with Gasteiger partial charge in [0.05, 0.1) is 17.9 Å². The molecule has 3 heterocycles. The summed E-state index contributed by atoms with van der Waals surface area (Å²) in [5.74, 6) is 0.488. The van der Waals surface area contributed by atoms with Crippen molar-refractivity contribution in [1.29, 1.82) is 0 Å². The van der Waals surface area contributed by atoms with E-state index in [0.717, 1.165) is 66.5 Å². The van der Waals surface area contributed by atoms with Crippen molar-refractivity contribution in [2.45, 2.75) is 37.8 Å². The monoisotopic (exact) mass is 454 g/mol.